The van der Waals surface area contributed by atoms with E-state index in [-0.39, 0.29) is 12.5 Å². The van der Waals surface area contributed by atoms with Crippen molar-refractivity contribution >= 4 is 17.9 Å². The summed E-state index contributed by atoms with van der Waals surface area (Å²) in [4.78, 5) is 23.4. The van der Waals surface area contributed by atoms with Gasteiger partial charge in [0.1, 0.15) is 12.0 Å². The van der Waals surface area contributed by atoms with E-state index >= 15 is 0 Å². The maximum absolute atomic E-state index is 11.5. The molecule has 2 rings (SSSR count). The summed E-state index contributed by atoms with van der Waals surface area (Å²) >= 11 is 0. The Kier molecular flexibility index (Phi) is 2.67. The molecule has 1 amide bonds. The van der Waals surface area contributed by atoms with Gasteiger partial charge < -0.3 is 14.4 Å². The van der Waals surface area contributed by atoms with Crippen LogP contribution in [0.4, 0.5) is 5.69 Å². The third-order valence-electron chi connectivity index (χ3n) is 2.28. The van der Waals surface area contributed by atoms with Crippen molar-refractivity contribution < 1.29 is 14.3 Å². The lowest BCUT2D eigenvalue weighted by Crippen LogP contribution is -2.39. The number of ether oxygens (including phenoxy) is 1. The quantitative estimate of drug-likeness (QED) is 0.691. The summed E-state index contributed by atoms with van der Waals surface area (Å²) in [5.41, 5.74) is 0.746. The molecule has 1 aliphatic heterocycles. The fourth-order valence-electron chi connectivity index (χ4n) is 1.58. The van der Waals surface area contributed by atoms with Gasteiger partial charge in [-0.1, -0.05) is 12.1 Å². The minimum atomic E-state index is -0.101. The van der Waals surface area contributed by atoms with Crippen molar-refractivity contribution in [3.8, 4) is 5.75 Å². The largest absolute Gasteiger partial charge is 0.482 e. The van der Waals surface area contributed by atoms with Crippen LogP contribution in [0.2, 0.25) is 0 Å². The zero-order valence-corrected chi connectivity index (χ0v) is 8.18. The summed E-state index contributed by atoms with van der Waals surface area (Å²) in [5, 5.41) is 0. The lowest BCUT2D eigenvalue weighted by atomic mass is 10.2. The fraction of sp³-hybridized carbons (Fsp3) is 0.273. The van der Waals surface area contributed by atoms with E-state index in [1.54, 1.807) is 4.90 Å². The van der Waals surface area contributed by atoms with E-state index in [1.807, 2.05) is 24.3 Å². The molecule has 15 heavy (non-hydrogen) atoms. The molecule has 0 saturated carbocycles. The Morgan fingerprint density at radius 2 is 2.20 bits per heavy atom. The number of para-hydroxylation sites is 2. The Labute approximate surface area is 87.4 Å². The highest BCUT2D eigenvalue weighted by Crippen LogP contribution is 2.31. The van der Waals surface area contributed by atoms with Crippen LogP contribution in [0.3, 0.4) is 0 Å². The number of anilines is 1. The van der Waals surface area contributed by atoms with Crippen molar-refractivity contribution in [3.05, 3.63) is 24.3 Å². The minimum Gasteiger partial charge on any atom is -0.482 e. The Bertz CT molecular complexity index is 389. The molecule has 0 saturated heterocycles. The van der Waals surface area contributed by atoms with E-state index in [0.29, 0.717) is 18.7 Å². The highest BCUT2D eigenvalue weighted by molar-refractivity contribution is 5.97. The highest BCUT2D eigenvalue weighted by atomic mass is 16.5. The van der Waals surface area contributed by atoms with Gasteiger partial charge in [0.15, 0.2) is 6.61 Å². The van der Waals surface area contributed by atoms with E-state index in [9.17, 15) is 9.59 Å². The standard InChI is InChI=1S/C11H11NO3/c13-7-3-6-12-9-4-1-2-5-10(9)15-8-11(12)14/h1-2,4-5,7H,3,6,8H2. The zero-order chi connectivity index (χ0) is 10.7. The molecule has 0 aromatic heterocycles. The molecule has 1 aliphatic rings. The number of amides is 1. The maximum atomic E-state index is 11.5. The molecule has 0 bridgehead atoms. The fourth-order valence-corrected chi connectivity index (χ4v) is 1.58. The molecule has 78 valence electrons. The third-order valence-corrected chi connectivity index (χ3v) is 2.28. The Hall–Kier alpha value is -1.84. The molecule has 4 nitrogen and oxygen atoms in total. The van der Waals surface area contributed by atoms with Crippen LogP contribution in [0.1, 0.15) is 6.42 Å². The molecule has 4 heteroatoms. The van der Waals surface area contributed by atoms with E-state index in [1.165, 1.54) is 0 Å². The normalized spacial score (nSPS) is 14.4. The van der Waals surface area contributed by atoms with Crippen LogP contribution in [-0.2, 0) is 9.59 Å². The Morgan fingerprint density at radius 3 is 3.00 bits per heavy atom. The summed E-state index contributed by atoms with van der Waals surface area (Å²) < 4.78 is 5.27. The second-order valence-corrected chi connectivity index (χ2v) is 3.26. The van der Waals surface area contributed by atoms with E-state index in [2.05, 4.69) is 0 Å². The van der Waals surface area contributed by atoms with E-state index in [0.717, 1.165) is 12.0 Å². The summed E-state index contributed by atoms with van der Waals surface area (Å²) in [5.74, 6) is 0.596. The van der Waals surface area contributed by atoms with E-state index in [4.69, 9.17) is 4.74 Å². The lowest BCUT2D eigenvalue weighted by Gasteiger charge is -2.28. The number of nitrogens with zero attached hydrogens (tertiary/aromatic N) is 1. The van der Waals surface area contributed by atoms with Gasteiger partial charge in [0.2, 0.25) is 0 Å². The first kappa shape index (κ1) is 9.71. The number of rotatable bonds is 3. The topological polar surface area (TPSA) is 46.6 Å². The van der Waals surface area contributed by atoms with Gasteiger partial charge in [-0.15, -0.1) is 0 Å². The average molecular weight is 205 g/mol. The molecule has 1 heterocycles. The van der Waals surface area contributed by atoms with Gasteiger partial charge in [0.05, 0.1) is 5.69 Å². The van der Waals surface area contributed by atoms with Crippen LogP contribution < -0.4 is 9.64 Å². The SMILES string of the molecule is O=CCCN1C(=O)COc2ccccc21. The first-order valence-electron chi connectivity index (χ1n) is 4.79. The molecule has 0 fully saturated rings. The lowest BCUT2D eigenvalue weighted by molar-refractivity contribution is -0.121. The van der Waals surface area contributed by atoms with Gasteiger partial charge in [-0.3, -0.25) is 4.79 Å². The zero-order valence-electron chi connectivity index (χ0n) is 8.18. The first-order valence-corrected chi connectivity index (χ1v) is 4.79. The van der Waals surface area contributed by atoms with Crippen molar-refractivity contribution in [2.75, 3.05) is 18.1 Å². The smallest absolute Gasteiger partial charge is 0.265 e. The van der Waals surface area contributed by atoms with Crippen molar-refractivity contribution in [2.45, 2.75) is 6.42 Å². The average Bonchev–Trinajstić information content (AvgIpc) is 2.28. The van der Waals surface area contributed by atoms with Crippen molar-refractivity contribution in [3.63, 3.8) is 0 Å². The summed E-state index contributed by atoms with van der Waals surface area (Å²) in [6.45, 7) is 0.471. The molecule has 0 atom stereocenters. The molecule has 0 aliphatic carbocycles. The number of carbonyl (C=O) groups is 2. The molecule has 1 aromatic carbocycles. The van der Waals surface area contributed by atoms with Gasteiger partial charge in [-0.05, 0) is 12.1 Å². The summed E-state index contributed by atoms with van der Waals surface area (Å²) in [6, 6.07) is 7.33. The minimum absolute atomic E-state index is 0.0515. The molecule has 1 aromatic rings. The number of hydrogen-bond acceptors (Lipinski definition) is 3. The van der Waals surface area contributed by atoms with Crippen LogP contribution >= 0.6 is 0 Å². The second kappa shape index (κ2) is 4.13. The van der Waals surface area contributed by atoms with Gasteiger partial charge in [-0.2, -0.15) is 0 Å². The monoisotopic (exact) mass is 205 g/mol. The number of fused-ring (bicyclic) bond motifs is 1. The van der Waals surface area contributed by atoms with Crippen LogP contribution in [-0.4, -0.2) is 25.3 Å². The van der Waals surface area contributed by atoms with Gasteiger partial charge in [-0.25, -0.2) is 0 Å². The van der Waals surface area contributed by atoms with Gasteiger partial charge in [0, 0.05) is 13.0 Å². The Balaban J connectivity index is 2.28. The maximum Gasteiger partial charge on any atom is 0.265 e. The van der Waals surface area contributed by atoms with Crippen molar-refractivity contribution in [1.29, 1.82) is 0 Å². The van der Waals surface area contributed by atoms with Crippen LogP contribution in [0.25, 0.3) is 0 Å². The summed E-state index contributed by atoms with van der Waals surface area (Å²) in [6.07, 6.45) is 1.16. The van der Waals surface area contributed by atoms with Gasteiger partial charge in [0.25, 0.3) is 5.91 Å². The molecular weight excluding hydrogens is 194 g/mol. The van der Waals surface area contributed by atoms with Gasteiger partial charge >= 0.3 is 0 Å². The predicted molar refractivity (Wildman–Crippen MR) is 55.0 cm³/mol. The van der Waals surface area contributed by atoms with E-state index < -0.39 is 0 Å². The predicted octanol–water partition coefficient (Wildman–Crippen LogP) is 1.00. The first-order chi connectivity index (χ1) is 7.33. The second-order valence-electron chi connectivity index (χ2n) is 3.26. The van der Waals surface area contributed by atoms with Crippen LogP contribution in [0, 0.1) is 0 Å². The molecule has 0 radical (unpaired) electrons. The highest BCUT2D eigenvalue weighted by Gasteiger charge is 2.24. The summed E-state index contributed by atoms with van der Waals surface area (Å²) in [7, 11) is 0. The molecule has 0 N–H and O–H groups in total. The molecule has 0 spiro atoms. The number of hydrogen-bond donors (Lipinski definition) is 0. The third kappa shape index (κ3) is 1.83. The van der Waals surface area contributed by atoms with Crippen molar-refractivity contribution in [2.24, 2.45) is 0 Å². The molecule has 0 unspecified atom stereocenters. The number of aldehydes is 1. The number of carbonyl (C=O) groups excluding carboxylic acids is 2. The van der Waals surface area contributed by atoms with Crippen molar-refractivity contribution in [1.82, 2.24) is 0 Å². The Morgan fingerprint density at radius 1 is 1.40 bits per heavy atom. The van der Waals surface area contributed by atoms with Crippen LogP contribution in [0.15, 0.2) is 24.3 Å². The van der Waals surface area contributed by atoms with Crippen LogP contribution in [0.5, 0.6) is 5.75 Å². The molecular formula is C11H11NO3. The number of benzene rings is 1.